The lowest BCUT2D eigenvalue weighted by Gasteiger charge is -2.35. The van der Waals surface area contributed by atoms with Crippen molar-refractivity contribution in [2.24, 2.45) is 5.73 Å². The molecule has 1 heterocycles. The smallest absolute Gasteiger partial charge is 0.222 e. The Morgan fingerprint density at radius 3 is 2.75 bits per heavy atom. The molecule has 2 atom stereocenters. The molecule has 1 aliphatic heterocycles. The summed E-state index contributed by atoms with van der Waals surface area (Å²) in [7, 11) is 0. The van der Waals surface area contributed by atoms with E-state index in [9.17, 15) is 4.79 Å². The Morgan fingerprint density at radius 1 is 1.50 bits per heavy atom. The van der Waals surface area contributed by atoms with E-state index >= 15 is 0 Å². The number of nitrogens with two attached hydrogens (primary N) is 1. The first-order valence-electron chi connectivity index (χ1n) is 6.20. The number of piperidine rings is 1. The number of likely N-dealkylation sites (tertiary alicyclic amines) is 1. The zero-order valence-corrected chi connectivity index (χ0v) is 11.3. The first-order chi connectivity index (χ1) is 7.15. The van der Waals surface area contributed by atoms with Crippen molar-refractivity contribution >= 4 is 18.3 Å². The molecule has 0 aromatic carbocycles. The van der Waals surface area contributed by atoms with Gasteiger partial charge in [-0.1, -0.05) is 6.92 Å². The van der Waals surface area contributed by atoms with Gasteiger partial charge in [-0.25, -0.2) is 0 Å². The maximum Gasteiger partial charge on any atom is 0.222 e. The summed E-state index contributed by atoms with van der Waals surface area (Å²) in [5.74, 6) is 0.304. The zero-order chi connectivity index (χ0) is 11.3. The van der Waals surface area contributed by atoms with Crippen LogP contribution in [0.5, 0.6) is 0 Å². The Kier molecular flexibility index (Phi) is 7.77. The molecule has 1 fully saturated rings. The molecule has 1 saturated heterocycles. The van der Waals surface area contributed by atoms with Gasteiger partial charge in [-0.15, -0.1) is 12.4 Å². The molecule has 0 radical (unpaired) electrons. The minimum atomic E-state index is 0. The lowest BCUT2D eigenvalue weighted by atomic mass is 9.99. The molecule has 1 amide bonds. The van der Waals surface area contributed by atoms with Crippen LogP contribution in [0, 0.1) is 0 Å². The van der Waals surface area contributed by atoms with Gasteiger partial charge in [-0.2, -0.15) is 0 Å². The third kappa shape index (κ3) is 4.71. The Labute approximate surface area is 105 Å². The molecule has 0 spiro atoms. The number of halogens is 1. The molecule has 16 heavy (non-hydrogen) atoms. The van der Waals surface area contributed by atoms with Gasteiger partial charge in [0.1, 0.15) is 0 Å². The first-order valence-corrected chi connectivity index (χ1v) is 6.20. The molecule has 3 nitrogen and oxygen atoms in total. The average Bonchev–Trinajstić information content (AvgIpc) is 2.25. The van der Waals surface area contributed by atoms with Crippen molar-refractivity contribution < 1.29 is 4.79 Å². The fraction of sp³-hybridized carbons (Fsp3) is 0.917. The van der Waals surface area contributed by atoms with Crippen LogP contribution in [-0.4, -0.2) is 29.4 Å². The van der Waals surface area contributed by atoms with Crippen molar-refractivity contribution in [2.45, 2.75) is 64.5 Å². The van der Waals surface area contributed by atoms with Crippen LogP contribution in [0.2, 0.25) is 0 Å². The number of amides is 1. The lowest BCUT2D eigenvalue weighted by Crippen LogP contribution is -2.43. The fourth-order valence-corrected chi connectivity index (χ4v) is 2.25. The highest BCUT2D eigenvalue weighted by Crippen LogP contribution is 2.20. The van der Waals surface area contributed by atoms with Crippen LogP contribution in [0.25, 0.3) is 0 Å². The van der Waals surface area contributed by atoms with Gasteiger partial charge in [0.15, 0.2) is 0 Å². The summed E-state index contributed by atoms with van der Waals surface area (Å²) in [6.45, 7) is 5.08. The monoisotopic (exact) mass is 248 g/mol. The highest BCUT2D eigenvalue weighted by molar-refractivity contribution is 5.85. The molecule has 0 aromatic heterocycles. The lowest BCUT2D eigenvalue weighted by molar-refractivity contribution is -0.135. The molecule has 2 N–H and O–H groups in total. The topological polar surface area (TPSA) is 46.3 Å². The van der Waals surface area contributed by atoms with Crippen LogP contribution in [-0.2, 0) is 4.79 Å². The summed E-state index contributed by atoms with van der Waals surface area (Å²) in [6.07, 6.45) is 6.14. The number of hydrogen-bond donors (Lipinski definition) is 1. The largest absolute Gasteiger partial charge is 0.340 e. The van der Waals surface area contributed by atoms with Gasteiger partial charge in [0, 0.05) is 25.0 Å². The van der Waals surface area contributed by atoms with Gasteiger partial charge in [0.25, 0.3) is 0 Å². The molecule has 0 saturated carbocycles. The highest BCUT2D eigenvalue weighted by atomic mass is 35.5. The summed E-state index contributed by atoms with van der Waals surface area (Å²) in [5, 5.41) is 0. The molecule has 2 unspecified atom stereocenters. The minimum absolute atomic E-state index is 0. The maximum atomic E-state index is 11.9. The number of nitrogens with zero attached hydrogens (tertiary/aromatic N) is 1. The summed E-state index contributed by atoms with van der Waals surface area (Å²) < 4.78 is 0. The van der Waals surface area contributed by atoms with E-state index in [1.807, 2.05) is 6.92 Å². The van der Waals surface area contributed by atoms with E-state index in [0.29, 0.717) is 18.4 Å². The second-order valence-corrected chi connectivity index (χ2v) is 4.66. The Balaban J connectivity index is 0.00000225. The van der Waals surface area contributed by atoms with Gasteiger partial charge in [0.05, 0.1) is 0 Å². The van der Waals surface area contributed by atoms with Gasteiger partial charge in [0.2, 0.25) is 5.91 Å². The molecule has 1 aliphatic rings. The Morgan fingerprint density at radius 2 is 2.19 bits per heavy atom. The second-order valence-electron chi connectivity index (χ2n) is 4.66. The fourth-order valence-electron chi connectivity index (χ4n) is 2.25. The first kappa shape index (κ1) is 15.7. The van der Waals surface area contributed by atoms with E-state index in [2.05, 4.69) is 11.8 Å². The van der Waals surface area contributed by atoms with E-state index in [1.165, 1.54) is 19.3 Å². The molecule has 0 aliphatic carbocycles. The van der Waals surface area contributed by atoms with Crippen molar-refractivity contribution in [3.8, 4) is 0 Å². The van der Waals surface area contributed by atoms with E-state index in [0.717, 1.165) is 19.4 Å². The third-order valence-corrected chi connectivity index (χ3v) is 3.23. The SMILES string of the molecule is CCC1CCCCN1C(=O)CCC(C)N.Cl. The van der Waals surface area contributed by atoms with Crippen LogP contribution >= 0.6 is 12.4 Å². The molecule has 1 rings (SSSR count). The zero-order valence-electron chi connectivity index (χ0n) is 10.4. The summed E-state index contributed by atoms with van der Waals surface area (Å²) in [6, 6.07) is 0.623. The molecule has 0 aromatic rings. The van der Waals surface area contributed by atoms with Crippen molar-refractivity contribution in [3.05, 3.63) is 0 Å². The number of carbonyl (C=O) groups excluding carboxylic acids is 1. The van der Waals surface area contributed by atoms with Crippen LogP contribution in [0.15, 0.2) is 0 Å². The number of hydrogen-bond acceptors (Lipinski definition) is 2. The number of rotatable bonds is 4. The van der Waals surface area contributed by atoms with Gasteiger partial charge < -0.3 is 10.6 Å². The summed E-state index contributed by atoms with van der Waals surface area (Å²) in [4.78, 5) is 14.0. The summed E-state index contributed by atoms with van der Waals surface area (Å²) in [5.41, 5.74) is 5.67. The van der Waals surface area contributed by atoms with Crippen LogP contribution in [0.4, 0.5) is 0 Å². The molecule has 96 valence electrons. The van der Waals surface area contributed by atoms with Gasteiger partial charge in [-0.05, 0) is 39.0 Å². The van der Waals surface area contributed by atoms with Crippen molar-refractivity contribution in [1.29, 1.82) is 0 Å². The van der Waals surface area contributed by atoms with E-state index in [-0.39, 0.29) is 18.4 Å². The molecular weight excluding hydrogens is 224 g/mol. The quantitative estimate of drug-likeness (QED) is 0.830. The van der Waals surface area contributed by atoms with Crippen LogP contribution in [0.1, 0.15) is 52.4 Å². The van der Waals surface area contributed by atoms with Crippen LogP contribution < -0.4 is 5.73 Å². The molecular formula is C12H25ClN2O. The average molecular weight is 249 g/mol. The van der Waals surface area contributed by atoms with Crippen molar-refractivity contribution in [3.63, 3.8) is 0 Å². The predicted molar refractivity (Wildman–Crippen MR) is 69.8 cm³/mol. The molecule has 0 bridgehead atoms. The Bertz CT molecular complexity index is 209. The standard InChI is InChI=1S/C12H24N2O.ClH/c1-3-11-6-4-5-9-14(11)12(15)8-7-10(2)13;/h10-11H,3-9,13H2,1-2H3;1H. The van der Waals surface area contributed by atoms with E-state index in [1.54, 1.807) is 0 Å². The van der Waals surface area contributed by atoms with Crippen LogP contribution in [0.3, 0.4) is 0 Å². The Hall–Kier alpha value is -0.280. The second kappa shape index (κ2) is 7.91. The van der Waals surface area contributed by atoms with Gasteiger partial charge >= 0.3 is 0 Å². The predicted octanol–water partition coefficient (Wildman–Crippen LogP) is 2.33. The third-order valence-electron chi connectivity index (χ3n) is 3.23. The number of carbonyl (C=O) groups is 1. The minimum Gasteiger partial charge on any atom is -0.340 e. The van der Waals surface area contributed by atoms with E-state index < -0.39 is 0 Å². The normalized spacial score (nSPS) is 22.4. The van der Waals surface area contributed by atoms with Crippen molar-refractivity contribution in [2.75, 3.05) is 6.54 Å². The summed E-state index contributed by atoms with van der Waals surface area (Å²) >= 11 is 0. The van der Waals surface area contributed by atoms with Gasteiger partial charge in [-0.3, -0.25) is 4.79 Å². The highest BCUT2D eigenvalue weighted by Gasteiger charge is 2.24. The van der Waals surface area contributed by atoms with E-state index in [4.69, 9.17) is 5.73 Å². The van der Waals surface area contributed by atoms with Crippen molar-refractivity contribution in [1.82, 2.24) is 4.90 Å². The maximum absolute atomic E-state index is 11.9. The molecule has 4 heteroatoms.